The van der Waals surface area contributed by atoms with Crippen LogP contribution in [-0.4, -0.2) is 4.98 Å². The van der Waals surface area contributed by atoms with Gasteiger partial charge in [0, 0.05) is 16.7 Å². The maximum atomic E-state index is 4.75. The molecule has 0 bridgehead atoms. The van der Waals surface area contributed by atoms with E-state index in [1.54, 1.807) is 0 Å². The Morgan fingerprint density at radius 3 is 2.74 bits per heavy atom. The first-order valence-corrected chi connectivity index (χ1v) is 6.52. The first kappa shape index (κ1) is 11.7. The minimum absolute atomic E-state index is 0.928. The van der Waals surface area contributed by atoms with E-state index in [2.05, 4.69) is 36.1 Å². The average molecular weight is 245 g/mol. The SMILES string of the molecule is CC=C=C1CC=Cc2nc3c(cc21)C=CC=CC=C3. The standard InChI is InChI=1S/C18H15N/c1-2-8-14-10-7-12-18-16(14)13-15-9-5-3-4-6-11-17(15)19-18/h2-7,9,11-13H,10H2,1H3. The molecule has 0 radical (unpaired) electrons. The van der Waals surface area contributed by atoms with Crippen molar-refractivity contribution < 1.29 is 0 Å². The van der Waals surface area contributed by atoms with Crippen molar-refractivity contribution in [2.24, 2.45) is 0 Å². The Morgan fingerprint density at radius 1 is 1.05 bits per heavy atom. The van der Waals surface area contributed by atoms with Gasteiger partial charge in [0.05, 0.1) is 11.4 Å². The highest BCUT2D eigenvalue weighted by Gasteiger charge is 2.13. The molecule has 2 aliphatic carbocycles. The molecule has 2 aliphatic rings. The summed E-state index contributed by atoms with van der Waals surface area (Å²) in [6, 6.07) is 2.22. The molecule has 0 amide bonds. The minimum Gasteiger partial charge on any atom is -0.248 e. The van der Waals surface area contributed by atoms with Crippen molar-refractivity contribution in [1.29, 1.82) is 0 Å². The molecule has 0 unspecified atom stereocenters. The third-order valence-corrected chi connectivity index (χ3v) is 3.22. The predicted octanol–water partition coefficient (Wildman–Crippen LogP) is 4.65. The van der Waals surface area contributed by atoms with Crippen LogP contribution in [0.1, 0.15) is 35.9 Å². The number of nitrogens with zero attached hydrogens (tertiary/aromatic N) is 1. The maximum absolute atomic E-state index is 4.75. The third kappa shape index (κ3) is 2.29. The molecule has 0 aromatic carbocycles. The molecule has 0 atom stereocenters. The molecule has 3 rings (SSSR count). The highest BCUT2D eigenvalue weighted by molar-refractivity contribution is 5.80. The van der Waals surface area contributed by atoms with Gasteiger partial charge in [-0.2, -0.15) is 0 Å². The summed E-state index contributed by atoms with van der Waals surface area (Å²) in [5.74, 6) is 0. The Hall–Kier alpha value is -2.37. The van der Waals surface area contributed by atoms with Crippen LogP contribution < -0.4 is 0 Å². The first-order valence-electron chi connectivity index (χ1n) is 6.52. The van der Waals surface area contributed by atoms with Crippen molar-refractivity contribution in [2.45, 2.75) is 13.3 Å². The lowest BCUT2D eigenvalue weighted by molar-refractivity contribution is 1.20. The predicted molar refractivity (Wildman–Crippen MR) is 82.3 cm³/mol. The molecule has 1 aromatic heterocycles. The molecule has 0 fully saturated rings. The summed E-state index contributed by atoms with van der Waals surface area (Å²) in [6.45, 7) is 2.00. The Balaban J connectivity index is 2.23. The summed E-state index contributed by atoms with van der Waals surface area (Å²) in [4.78, 5) is 4.75. The van der Waals surface area contributed by atoms with Gasteiger partial charge >= 0.3 is 0 Å². The summed E-state index contributed by atoms with van der Waals surface area (Å²) in [5.41, 5.74) is 8.94. The number of fused-ring (bicyclic) bond motifs is 2. The van der Waals surface area contributed by atoms with Crippen molar-refractivity contribution in [3.8, 4) is 0 Å². The third-order valence-electron chi connectivity index (χ3n) is 3.22. The van der Waals surface area contributed by atoms with Crippen LogP contribution in [0.4, 0.5) is 0 Å². The summed E-state index contributed by atoms with van der Waals surface area (Å²) < 4.78 is 0. The Morgan fingerprint density at radius 2 is 1.89 bits per heavy atom. The van der Waals surface area contributed by atoms with E-state index in [1.165, 1.54) is 11.1 Å². The van der Waals surface area contributed by atoms with Gasteiger partial charge in [0.1, 0.15) is 0 Å². The lowest BCUT2D eigenvalue weighted by atomic mass is 9.94. The van der Waals surface area contributed by atoms with Crippen LogP contribution in [0.2, 0.25) is 0 Å². The van der Waals surface area contributed by atoms with Gasteiger partial charge in [0.2, 0.25) is 0 Å². The summed E-state index contributed by atoms with van der Waals surface area (Å²) in [7, 11) is 0. The van der Waals surface area contributed by atoms with Crippen molar-refractivity contribution >= 4 is 23.8 Å². The zero-order chi connectivity index (χ0) is 13.1. The molecular formula is C18H15N. The number of hydrogen-bond acceptors (Lipinski definition) is 1. The summed E-state index contributed by atoms with van der Waals surface area (Å²) in [6.07, 6.45) is 19.4. The molecule has 0 aliphatic heterocycles. The van der Waals surface area contributed by atoms with Gasteiger partial charge in [0.15, 0.2) is 0 Å². The molecule has 1 heteroatoms. The van der Waals surface area contributed by atoms with E-state index in [9.17, 15) is 0 Å². The summed E-state index contributed by atoms with van der Waals surface area (Å²) >= 11 is 0. The van der Waals surface area contributed by atoms with Crippen molar-refractivity contribution in [3.05, 3.63) is 70.8 Å². The lowest BCUT2D eigenvalue weighted by Crippen LogP contribution is -2.00. The fourth-order valence-corrected chi connectivity index (χ4v) is 2.34. The monoisotopic (exact) mass is 245 g/mol. The van der Waals surface area contributed by atoms with Crippen LogP contribution in [0, 0.1) is 0 Å². The molecule has 19 heavy (non-hydrogen) atoms. The molecule has 1 heterocycles. The number of rotatable bonds is 0. The molecule has 1 nitrogen and oxygen atoms in total. The molecule has 0 spiro atoms. The second-order valence-electron chi connectivity index (χ2n) is 4.52. The van der Waals surface area contributed by atoms with Gasteiger partial charge in [-0.15, -0.1) is 5.73 Å². The van der Waals surface area contributed by atoms with Gasteiger partial charge in [0.25, 0.3) is 0 Å². The first-order chi connectivity index (χ1) is 9.38. The molecule has 1 aromatic rings. The second kappa shape index (κ2) is 5.09. The number of hydrogen-bond donors (Lipinski definition) is 0. The normalized spacial score (nSPS) is 15.3. The lowest BCUT2D eigenvalue weighted by Gasteiger charge is -2.14. The zero-order valence-corrected chi connectivity index (χ0v) is 10.9. The van der Waals surface area contributed by atoms with Crippen LogP contribution in [0.3, 0.4) is 0 Å². The van der Waals surface area contributed by atoms with Crippen LogP contribution in [-0.2, 0) is 0 Å². The smallest absolute Gasteiger partial charge is 0.0715 e. The van der Waals surface area contributed by atoms with E-state index in [1.807, 2.05) is 37.3 Å². The Labute approximate surface area is 113 Å². The van der Waals surface area contributed by atoms with Crippen LogP contribution >= 0.6 is 0 Å². The molecule has 92 valence electrons. The number of aromatic nitrogens is 1. The van der Waals surface area contributed by atoms with E-state index < -0.39 is 0 Å². The summed E-state index contributed by atoms with van der Waals surface area (Å²) in [5, 5.41) is 0. The number of allylic oxidation sites excluding steroid dienone is 6. The van der Waals surface area contributed by atoms with Crippen LogP contribution in [0.25, 0.3) is 23.8 Å². The largest absolute Gasteiger partial charge is 0.248 e. The molecular weight excluding hydrogens is 230 g/mol. The fourth-order valence-electron chi connectivity index (χ4n) is 2.34. The van der Waals surface area contributed by atoms with Crippen molar-refractivity contribution in [1.82, 2.24) is 4.98 Å². The van der Waals surface area contributed by atoms with Gasteiger partial charge in [-0.3, -0.25) is 0 Å². The average Bonchev–Trinajstić information content (AvgIpc) is 2.40. The van der Waals surface area contributed by atoms with E-state index in [-0.39, 0.29) is 0 Å². The van der Waals surface area contributed by atoms with Gasteiger partial charge in [-0.1, -0.05) is 36.5 Å². The fraction of sp³-hybridized carbons (Fsp3) is 0.111. The second-order valence-corrected chi connectivity index (χ2v) is 4.52. The Kier molecular flexibility index (Phi) is 3.14. The topological polar surface area (TPSA) is 12.9 Å². The highest BCUT2D eigenvalue weighted by atomic mass is 14.7. The van der Waals surface area contributed by atoms with Crippen LogP contribution in [0.5, 0.6) is 0 Å². The minimum atomic E-state index is 0.928. The van der Waals surface area contributed by atoms with Crippen LogP contribution in [0.15, 0.2) is 48.3 Å². The molecule has 0 N–H and O–H groups in total. The molecule has 0 saturated heterocycles. The zero-order valence-electron chi connectivity index (χ0n) is 10.9. The van der Waals surface area contributed by atoms with E-state index in [0.717, 1.165) is 23.4 Å². The van der Waals surface area contributed by atoms with Gasteiger partial charge < -0.3 is 0 Å². The maximum Gasteiger partial charge on any atom is 0.0715 e. The van der Waals surface area contributed by atoms with Crippen molar-refractivity contribution in [2.75, 3.05) is 0 Å². The molecule has 0 saturated carbocycles. The van der Waals surface area contributed by atoms with E-state index in [4.69, 9.17) is 4.98 Å². The highest BCUT2D eigenvalue weighted by Crippen LogP contribution is 2.29. The van der Waals surface area contributed by atoms with E-state index >= 15 is 0 Å². The van der Waals surface area contributed by atoms with E-state index in [0.29, 0.717) is 0 Å². The van der Waals surface area contributed by atoms with Gasteiger partial charge in [-0.25, -0.2) is 4.98 Å². The Bertz CT molecular complexity index is 691. The van der Waals surface area contributed by atoms with Crippen molar-refractivity contribution in [3.63, 3.8) is 0 Å². The number of pyridine rings is 1. The quantitative estimate of drug-likeness (QED) is 0.606. The van der Waals surface area contributed by atoms with Gasteiger partial charge in [-0.05, 0) is 37.6 Å².